The van der Waals surface area contributed by atoms with Crippen LogP contribution in [0, 0.1) is 5.82 Å². The predicted octanol–water partition coefficient (Wildman–Crippen LogP) is 3.59. The molecule has 3 rings (SSSR count). The summed E-state index contributed by atoms with van der Waals surface area (Å²) in [6.45, 7) is 4.48. The fraction of sp³-hybridized carbons (Fsp3) is 0.409. The van der Waals surface area contributed by atoms with Crippen LogP contribution in [-0.4, -0.2) is 31.7 Å². The predicted molar refractivity (Wildman–Crippen MR) is 110 cm³/mol. The minimum absolute atomic E-state index is 0.0629. The zero-order valence-corrected chi connectivity index (χ0v) is 17.6. The van der Waals surface area contributed by atoms with Crippen LogP contribution in [0.4, 0.5) is 4.39 Å². The van der Waals surface area contributed by atoms with Crippen molar-refractivity contribution in [2.24, 2.45) is 0 Å². The molecule has 1 N–H and O–H groups in total. The number of aryl methyl sites for hydroxylation is 2. The van der Waals surface area contributed by atoms with E-state index in [9.17, 15) is 17.6 Å². The first-order chi connectivity index (χ1) is 13.8. The Labute approximate surface area is 172 Å². The lowest BCUT2D eigenvalue weighted by Gasteiger charge is -2.18. The number of hydrogen-bond donors (Lipinski definition) is 1. The van der Waals surface area contributed by atoms with E-state index in [0.29, 0.717) is 25.9 Å². The fourth-order valence-corrected chi connectivity index (χ4v) is 5.26. The summed E-state index contributed by atoms with van der Waals surface area (Å²) in [5, 5.41) is 3.03. The van der Waals surface area contributed by atoms with Crippen molar-refractivity contribution in [3.63, 3.8) is 0 Å². The molecule has 5 nitrogen and oxygen atoms in total. The summed E-state index contributed by atoms with van der Waals surface area (Å²) in [7, 11) is -3.47. The fourth-order valence-electron chi connectivity index (χ4n) is 3.80. The van der Waals surface area contributed by atoms with Gasteiger partial charge in [-0.2, -0.15) is 4.31 Å². The maximum absolute atomic E-state index is 13.3. The average molecular weight is 419 g/mol. The number of nitrogens with zero attached hydrogens (tertiary/aromatic N) is 1. The maximum atomic E-state index is 13.3. The molecule has 1 aliphatic rings. The molecule has 29 heavy (non-hydrogen) atoms. The molecule has 1 unspecified atom stereocenters. The maximum Gasteiger partial charge on any atom is 0.243 e. The Balaban J connectivity index is 1.56. The van der Waals surface area contributed by atoms with Crippen LogP contribution in [0.5, 0.6) is 0 Å². The number of sulfonamides is 1. The van der Waals surface area contributed by atoms with Crippen molar-refractivity contribution in [2.45, 2.75) is 50.5 Å². The van der Waals surface area contributed by atoms with Gasteiger partial charge >= 0.3 is 0 Å². The number of amides is 1. The molecule has 0 heterocycles. The Morgan fingerprint density at radius 1 is 1.14 bits per heavy atom. The second kappa shape index (κ2) is 9.05. The number of benzene rings is 2. The van der Waals surface area contributed by atoms with E-state index >= 15 is 0 Å². The molecule has 2 aromatic rings. The van der Waals surface area contributed by atoms with Gasteiger partial charge in [-0.25, -0.2) is 12.8 Å². The van der Waals surface area contributed by atoms with Gasteiger partial charge < -0.3 is 5.32 Å². The lowest BCUT2D eigenvalue weighted by molar-refractivity contribution is -0.121. The molecule has 1 atom stereocenters. The number of halogens is 1. The van der Waals surface area contributed by atoms with E-state index in [2.05, 4.69) is 5.32 Å². The van der Waals surface area contributed by atoms with E-state index in [4.69, 9.17) is 0 Å². The number of rotatable bonds is 8. The van der Waals surface area contributed by atoms with E-state index in [1.807, 2.05) is 13.8 Å². The molecule has 7 heteroatoms. The second-order valence-corrected chi connectivity index (χ2v) is 9.17. The summed E-state index contributed by atoms with van der Waals surface area (Å²) >= 11 is 0. The molecule has 0 spiro atoms. The van der Waals surface area contributed by atoms with Gasteiger partial charge in [-0.05, 0) is 60.2 Å². The van der Waals surface area contributed by atoms with Crippen molar-refractivity contribution in [3.8, 4) is 0 Å². The minimum atomic E-state index is -3.47. The van der Waals surface area contributed by atoms with Crippen LogP contribution in [0.25, 0.3) is 0 Å². The topological polar surface area (TPSA) is 66.5 Å². The van der Waals surface area contributed by atoms with Crippen LogP contribution in [-0.2, 0) is 27.7 Å². The third-order valence-electron chi connectivity index (χ3n) is 5.43. The monoisotopic (exact) mass is 418 g/mol. The largest absolute Gasteiger partial charge is 0.349 e. The van der Waals surface area contributed by atoms with Gasteiger partial charge in [0.2, 0.25) is 15.9 Å². The Morgan fingerprint density at radius 3 is 2.48 bits per heavy atom. The molecule has 0 fully saturated rings. The van der Waals surface area contributed by atoms with Crippen LogP contribution in [0.2, 0.25) is 0 Å². The lowest BCUT2D eigenvalue weighted by Crippen LogP contribution is -2.30. The molecule has 0 aliphatic heterocycles. The normalized spacial score (nSPS) is 16.1. The van der Waals surface area contributed by atoms with E-state index in [0.717, 1.165) is 29.5 Å². The summed E-state index contributed by atoms with van der Waals surface area (Å²) in [4.78, 5) is 12.6. The average Bonchev–Trinajstić information content (AvgIpc) is 3.09. The SMILES string of the molecule is CCN(CC)S(=O)(=O)c1ccc(CCC(=O)NC2CCc3cc(F)ccc32)cc1. The number of carbonyl (C=O) groups excluding carboxylic acids is 1. The van der Waals surface area contributed by atoms with Crippen LogP contribution >= 0.6 is 0 Å². The highest BCUT2D eigenvalue weighted by atomic mass is 32.2. The smallest absolute Gasteiger partial charge is 0.243 e. The van der Waals surface area contributed by atoms with Crippen LogP contribution < -0.4 is 5.32 Å². The standard InChI is InChI=1S/C22H27FN2O3S/c1-3-25(4-2)29(27,28)19-10-5-16(6-11-19)7-14-22(26)24-21-13-8-17-15-18(23)9-12-20(17)21/h5-6,9-12,15,21H,3-4,7-8,13-14H2,1-2H3,(H,24,26). The lowest BCUT2D eigenvalue weighted by atomic mass is 10.1. The molecule has 0 bridgehead atoms. The van der Waals surface area contributed by atoms with Crippen molar-refractivity contribution < 1.29 is 17.6 Å². The first-order valence-electron chi connectivity index (χ1n) is 10.0. The highest BCUT2D eigenvalue weighted by Gasteiger charge is 2.24. The van der Waals surface area contributed by atoms with Crippen LogP contribution in [0.15, 0.2) is 47.4 Å². The van der Waals surface area contributed by atoms with Gasteiger partial charge in [0, 0.05) is 19.5 Å². The van der Waals surface area contributed by atoms with Crippen molar-refractivity contribution in [2.75, 3.05) is 13.1 Å². The van der Waals surface area contributed by atoms with Crippen molar-refractivity contribution in [1.82, 2.24) is 9.62 Å². The number of hydrogen-bond acceptors (Lipinski definition) is 3. The van der Waals surface area contributed by atoms with Crippen molar-refractivity contribution >= 4 is 15.9 Å². The van der Waals surface area contributed by atoms with Gasteiger partial charge in [0.15, 0.2) is 0 Å². The van der Waals surface area contributed by atoms with Gasteiger partial charge in [0.05, 0.1) is 10.9 Å². The molecule has 0 aromatic heterocycles. The molecule has 1 aliphatic carbocycles. The van der Waals surface area contributed by atoms with E-state index in [1.54, 1.807) is 30.3 Å². The van der Waals surface area contributed by atoms with Gasteiger partial charge in [0.1, 0.15) is 5.82 Å². The molecule has 0 saturated carbocycles. The molecular weight excluding hydrogens is 391 g/mol. The first-order valence-corrected chi connectivity index (χ1v) is 11.5. The van der Waals surface area contributed by atoms with Gasteiger partial charge in [-0.3, -0.25) is 4.79 Å². The van der Waals surface area contributed by atoms with Crippen LogP contribution in [0.1, 0.15) is 49.4 Å². The minimum Gasteiger partial charge on any atom is -0.349 e. The van der Waals surface area contributed by atoms with Gasteiger partial charge in [0.25, 0.3) is 0 Å². The van der Waals surface area contributed by atoms with E-state index in [1.165, 1.54) is 16.4 Å². The van der Waals surface area contributed by atoms with Gasteiger partial charge in [-0.1, -0.05) is 32.0 Å². The number of carbonyl (C=O) groups is 1. The van der Waals surface area contributed by atoms with Gasteiger partial charge in [-0.15, -0.1) is 0 Å². The molecule has 0 radical (unpaired) electrons. The van der Waals surface area contributed by atoms with Crippen LogP contribution in [0.3, 0.4) is 0 Å². The third kappa shape index (κ3) is 4.85. The molecular formula is C22H27FN2O3S. The van der Waals surface area contributed by atoms with Crippen molar-refractivity contribution in [1.29, 1.82) is 0 Å². The summed E-state index contributed by atoms with van der Waals surface area (Å²) in [5.41, 5.74) is 2.86. The molecule has 1 amide bonds. The second-order valence-electron chi connectivity index (χ2n) is 7.24. The first kappa shape index (κ1) is 21.5. The third-order valence-corrected chi connectivity index (χ3v) is 7.49. The van der Waals surface area contributed by atoms with E-state index in [-0.39, 0.29) is 22.7 Å². The Hall–Kier alpha value is -2.25. The molecule has 0 saturated heterocycles. The Kier molecular flexibility index (Phi) is 6.70. The zero-order chi connectivity index (χ0) is 21.0. The summed E-state index contributed by atoms with van der Waals surface area (Å²) in [5.74, 6) is -0.311. The molecule has 156 valence electrons. The highest BCUT2D eigenvalue weighted by molar-refractivity contribution is 7.89. The Bertz CT molecular complexity index is 970. The zero-order valence-electron chi connectivity index (χ0n) is 16.8. The quantitative estimate of drug-likeness (QED) is 0.712. The summed E-state index contributed by atoms with van der Waals surface area (Å²) < 4.78 is 39.8. The summed E-state index contributed by atoms with van der Waals surface area (Å²) in [6.07, 6.45) is 2.39. The van der Waals surface area contributed by atoms with Crippen molar-refractivity contribution in [3.05, 3.63) is 65.0 Å². The van der Waals surface area contributed by atoms with E-state index < -0.39 is 10.0 Å². The number of nitrogens with one attached hydrogen (secondary N) is 1. The Morgan fingerprint density at radius 2 is 1.83 bits per heavy atom. The highest BCUT2D eigenvalue weighted by Crippen LogP contribution is 2.31. The summed E-state index contributed by atoms with van der Waals surface area (Å²) in [6, 6.07) is 11.4. The molecule has 2 aromatic carbocycles. The number of fused-ring (bicyclic) bond motifs is 1.